The minimum Gasteiger partial charge on any atom is -0.465 e. The summed E-state index contributed by atoms with van der Waals surface area (Å²) in [5.74, 6) is -0.116. The SMILES string of the molecule is CCOC(=O)C1(C)Cc2cc[nH]c2S1. The highest BCUT2D eigenvalue weighted by Gasteiger charge is 2.42. The first-order valence-corrected chi connectivity index (χ1v) is 5.50. The zero-order valence-electron chi connectivity index (χ0n) is 8.29. The summed E-state index contributed by atoms with van der Waals surface area (Å²) in [6.45, 7) is 4.21. The highest BCUT2D eigenvalue weighted by molar-refractivity contribution is 8.01. The number of rotatable bonds is 2. The maximum atomic E-state index is 11.7. The molecular weight excluding hydrogens is 198 g/mol. The summed E-state index contributed by atoms with van der Waals surface area (Å²) in [5.41, 5.74) is 1.21. The van der Waals surface area contributed by atoms with Crippen molar-refractivity contribution >= 4 is 17.7 Å². The predicted octanol–water partition coefficient (Wildman–Crippen LogP) is 1.98. The number of aromatic nitrogens is 1. The molecule has 0 bridgehead atoms. The molecule has 1 aliphatic rings. The summed E-state index contributed by atoms with van der Waals surface area (Å²) >= 11 is 1.56. The van der Waals surface area contributed by atoms with Crippen LogP contribution in [0.4, 0.5) is 0 Å². The number of nitrogens with one attached hydrogen (secondary N) is 1. The third-order valence-corrected chi connectivity index (χ3v) is 3.70. The Morgan fingerprint density at radius 1 is 1.79 bits per heavy atom. The number of hydrogen-bond donors (Lipinski definition) is 1. The molecule has 0 spiro atoms. The minimum atomic E-state index is -0.432. The number of esters is 1. The molecule has 0 radical (unpaired) electrons. The Kier molecular flexibility index (Phi) is 2.31. The van der Waals surface area contributed by atoms with Crippen molar-refractivity contribution in [1.82, 2.24) is 4.98 Å². The van der Waals surface area contributed by atoms with E-state index in [-0.39, 0.29) is 5.97 Å². The number of carbonyl (C=O) groups is 1. The second-order valence-electron chi connectivity index (χ2n) is 3.56. The summed E-state index contributed by atoms with van der Waals surface area (Å²) in [4.78, 5) is 14.8. The molecule has 0 fully saturated rings. The van der Waals surface area contributed by atoms with E-state index in [2.05, 4.69) is 4.98 Å². The third-order valence-electron chi connectivity index (χ3n) is 2.35. The van der Waals surface area contributed by atoms with Crippen LogP contribution >= 0.6 is 11.8 Å². The van der Waals surface area contributed by atoms with E-state index in [0.717, 1.165) is 11.4 Å². The average Bonchev–Trinajstić information content (AvgIpc) is 2.63. The second-order valence-corrected chi connectivity index (χ2v) is 5.08. The topological polar surface area (TPSA) is 42.1 Å². The molecule has 0 aliphatic carbocycles. The van der Waals surface area contributed by atoms with Crippen molar-refractivity contribution in [3.63, 3.8) is 0 Å². The van der Waals surface area contributed by atoms with E-state index in [1.165, 1.54) is 5.56 Å². The van der Waals surface area contributed by atoms with Gasteiger partial charge in [-0.2, -0.15) is 0 Å². The molecule has 4 heteroatoms. The molecule has 14 heavy (non-hydrogen) atoms. The number of aromatic amines is 1. The van der Waals surface area contributed by atoms with Gasteiger partial charge in [-0.15, -0.1) is 0 Å². The van der Waals surface area contributed by atoms with Crippen LogP contribution in [0.5, 0.6) is 0 Å². The number of ether oxygens (including phenoxy) is 1. The van der Waals surface area contributed by atoms with Gasteiger partial charge < -0.3 is 9.72 Å². The van der Waals surface area contributed by atoms with E-state index in [4.69, 9.17) is 4.74 Å². The number of H-pyrrole nitrogens is 1. The highest BCUT2D eigenvalue weighted by Crippen LogP contribution is 2.44. The lowest BCUT2D eigenvalue weighted by atomic mass is 10.0. The van der Waals surface area contributed by atoms with Crippen LogP contribution in [0.3, 0.4) is 0 Å². The zero-order valence-corrected chi connectivity index (χ0v) is 9.11. The van der Waals surface area contributed by atoms with Gasteiger partial charge in [-0.05, 0) is 25.5 Å². The molecule has 1 unspecified atom stereocenters. The fraction of sp³-hybridized carbons (Fsp3) is 0.500. The van der Waals surface area contributed by atoms with Gasteiger partial charge >= 0.3 is 5.97 Å². The number of carbonyl (C=O) groups excluding carboxylic acids is 1. The van der Waals surface area contributed by atoms with Gasteiger partial charge in [0.05, 0.1) is 11.6 Å². The van der Waals surface area contributed by atoms with Crippen LogP contribution in [0.2, 0.25) is 0 Å². The molecule has 2 heterocycles. The minimum absolute atomic E-state index is 0.116. The summed E-state index contributed by atoms with van der Waals surface area (Å²) < 4.78 is 4.62. The summed E-state index contributed by atoms with van der Waals surface area (Å²) in [6.07, 6.45) is 2.66. The van der Waals surface area contributed by atoms with Crippen molar-refractivity contribution in [2.45, 2.75) is 30.0 Å². The molecule has 0 saturated heterocycles. The number of hydrogen-bond acceptors (Lipinski definition) is 3. The molecule has 1 aliphatic heterocycles. The summed E-state index contributed by atoms with van der Waals surface area (Å²) in [7, 11) is 0. The van der Waals surface area contributed by atoms with Crippen molar-refractivity contribution in [2.75, 3.05) is 6.61 Å². The van der Waals surface area contributed by atoms with Crippen molar-refractivity contribution < 1.29 is 9.53 Å². The van der Waals surface area contributed by atoms with Gasteiger partial charge in [0.2, 0.25) is 0 Å². The van der Waals surface area contributed by atoms with Crippen LogP contribution < -0.4 is 0 Å². The van der Waals surface area contributed by atoms with Gasteiger partial charge in [0.15, 0.2) is 0 Å². The monoisotopic (exact) mass is 211 g/mol. The van der Waals surface area contributed by atoms with Crippen LogP contribution in [0, 0.1) is 0 Å². The maximum Gasteiger partial charge on any atom is 0.322 e. The van der Waals surface area contributed by atoms with E-state index >= 15 is 0 Å². The van der Waals surface area contributed by atoms with Gasteiger partial charge in [0, 0.05) is 12.6 Å². The van der Waals surface area contributed by atoms with Crippen molar-refractivity contribution in [2.24, 2.45) is 0 Å². The molecule has 3 nitrogen and oxygen atoms in total. The molecule has 0 amide bonds. The van der Waals surface area contributed by atoms with E-state index in [0.29, 0.717) is 6.61 Å². The molecule has 2 rings (SSSR count). The van der Waals surface area contributed by atoms with Crippen molar-refractivity contribution in [3.8, 4) is 0 Å². The van der Waals surface area contributed by atoms with Gasteiger partial charge in [0.1, 0.15) is 4.75 Å². The molecule has 76 valence electrons. The first kappa shape index (κ1) is 9.65. The van der Waals surface area contributed by atoms with Gasteiger partial charge in [-0.25, -0.2) is 0 Å². The quantitative estimate of drug-likeness (QED) is 0.761. The van der Waals surface area contributed by atoms with Crippen LogP contribution in [-0.2, 0) is 16.0 Å². The van der Waals surface area contributed by atoms with Crippen molar-refractivity contribution in [3.05, 3.63) is 17.8 Å². The van der Waals surface area contributed by atoms with Crippen LogP contribution in [-0.4, -0.2) is 22.3 Å². The van der Waals surface area contributed by atoms with Crippen molar-refractivity contribution in [1.29, 1.82) is 0 Å². The van der Waals surface area contributed by atoms with E-state index < -0.39 is 4.75 Å². The average molecular weight is 211 g/mol. The van der Waals surface area contributed by atoms with Gasteiger partial charge in [0.25, 0.3) is 0 Å². The third kappa shape index (κ3) is 1.43. The second kappa shape index (κ2) is 3.35. The molecule has 1 aromatic rings. The first-order valence-electron chi connectivity index (χ1n) is 4.68. The van der Waals surface area contributed by atoms with Gasteiger partial charge in [-0.1, -0.05) is 11.8 Å². The highest BCUT2D eigenvalue weighted by atomic mass is 32.2. The summed E-state index contributed by atoms with van der Waals surface area (Å²) in [5, 5.41) is 1.10. The molecule has 0 aromatic carbocycles. The molecular formula is C10H13NO2S. The van der Waals surface area contributed by atoms with E-state index in [1.54, 1.807) is 11.8 Å². The fourth-order valence-electron chi connectivity index (χ4n) is 1.64. The van der Waals surface area contributed by atoms with E-state index in [9.17, 15) is 4.79 Å². The van der Waals surface area contributed by atoms with E-state index in [1.807, 2.05) is 26.1 Å². The molecule has 1 N–H and O–H groups in total. The van der Waals surface area contributed by atoms with Gasteiger partial charge in [-0.3, -0.25) is 4.79 Å². The van der Waals surface area contributed by atoms with Crippen LogP contribution in [0.15, 0.2) is 17.3 Å². The first-order chi connectivity index (χ1) is 6.65. The number of fused-ring (bicyclic) bond motifs is 1. The largest absolute Gasteiger partial charge is 0.465 e. The Labute approximate surface area is 87.2 Å². The Balaban J connectivity index is 2.15. The fourth-order valence-corrected chi connectivity index (χ4v) is 2.86. The lowest BCUT2D eigenvalue weighted by Crippen LogP contribution is -2.33. The smallest absolute Gasteiger partial charge is 0.322 e. The Hall–Kier alpha value is -0.900. The zero-order chi connectivity index (χ0) is 10.2. The Bertz CT molecular complexity index is 338. The number of thioether (sulfide) groups is 1. The van der Waals surface area contributed by atoms with Crippen LogP contribution in [0.25, 0.3) is 0 Å². The maximum absolute atomic E-state index is 11.7. The summed E-state index contributed by atoms with van der Waals surface area (Å²) in [6, 6.07) is 2.02. The normalized spacial score (nSPS) is 24.7. The molecule has 0 saturated carbocycles. The van der Waals surface area contributed by atoms with Crippen LogP contribution in [0.1, 0.15) is 19.4 Å². The molecule has 1 aromatic heterocycles. The Morgan fingerprint density at radius 2 is 2.57 bits per heavy atom. The lowest BCUT2D eigenvalue weighted by Gasteiger charge is -2.19. The molecule has 1 atom stereocenters. The predicted molar refractivity (Wildman–Crippen MR) is 55.4 cm³/mol. The Morgan fingerprint density at radius 3 is 3.21 bits per heavy atom. The standard InChI is InChI=1S/C10H13NO2S/c1-3-13-9(12)10(2)6-7-4-5-11-8(7)14-10/h4-5,11H,3,6H2,1-2H3. The lowest BCUT2D eigenvalue weighted by molar-refractivity contribution is -0.145.